The van der Waals surface area contributed by atoms with Crippen molar-refractivity contribution < 1.29 is 22.3 Å². The second kappa shape index (κ2) is 6.96. The van der Waals surface area contributed by atoms with Gasteiger partial charge < -0.3 is 5.11 Å². The van der Waals surface area contributed by atoms with E-state index in [2.05, 4.69) is 0 Å². The molecule has 1 atom stereocenters. The summed E-state index contributed by atoms with van der Waals surface area (Å²) >= 11 is 0. The minimum absolute atomic E-state index is 0.00614. The molecule has 0 spiro atoms. The molecule has 0 radical (unpaired) electrons. The van der Waals surface area contributed by atoms with E-state index in [9.17, 15) is 22.3 Å². The Balaban J connectivity index is 2.48. The Bertz CT molecular complexity index is 515. The summed E-state index contributed by atoms with van der Waals surface area (Å²) in [6.07, 6.45) is -0.331. The number of hydrogen-bond acceptors (Lipinski definition) is 3. The minimum atomic E-state index is -3.05. The molecule has 0 amide bonds. The highest BCUT2D eigenvalue weighted by atomic mass is 32.2. The monoisotopic (exact) mass is 292 g/mol. The molecule has 0 aromatic heterocycles. The van der Waals surface area contributed by atoms with Crippen LogP contribution in [0.4, 0.5) is 8.78 Å². The van der Waals surface area contributed by atoms with E-state index < -0.39 is 27.6 Å². The molecule has 19 heavy (non-hydrogen) atoms. The first-order chi connectivity index (χ1) is 8.85. The van der Waals surface area contributed by atoms with Crippen molar-refractivity contribution in [3.8, 4) is 0 Å². The molecule has 0 aliphatic carbocycles. The number of sulfone groups is 1. The van der Waals surface area contributed by atoms with Gasteiger partial charge in [-0.3, -0.25) is 0 Å². The van der Waals surface area contributed by atoms with Crippen molar-refractivity contribution in [3.63, 3.8) is 0 Å². The van der Waals surface area contributed by atoms with E-state index in [1.807, 2.05) is 0 Å². The molecule has 0 saturated carbocycles. The molecule has 0 bridgehead atoms. The number of aliphatic hydroxyl groups excluding tert-OH is 1. The van der Waals surface area contributed by atoms with Gasteiger partial charge in [-0.2, -0.15) is 0 Å². The summed E-state index contributed by atoms with van der Waals surface area (Å²) in [7, 11) is -3.05. The van der Waals surface area contributed by atoms with E-state index >= 15 is 0 Å². The average molecular weight is 292 g/mol. The summed E-state index contributed by atoms with van der Waals surface area (Å²) < 4.78 is 48.8. The van der Waals surface area contributed by atoms with E-state index in [4.69, 9.17) is 0 Å². The predicted molar refractivity (Wildman–Crippen MR) is 69.6 cm³/mol. The van der Waals surface area contributed by atoms with Gasteiger partial charge in [0.25, 0.3) is 0 Å². The smallest absolute Gasteiger partial charge is 0.162 e. The molecule has 1 N–H and O–H groups in total. The lowest BCUT2D eigenvalue weighted by Gasteiger charge is -2.11. The van der Waals surface area contributed by atoms with Crippen molar-refractivity contribution in [2.24, 2.45) is 0 Å². The fourth-order valence-corrected chi connectivity index (χ4v) is 2.64. The molecule has 6 heteroatoms. The Labute approximate surface area is 112 Å². The number of rotatable bonds is 7. The summed E-state index contributed by atoms with van der Waals surface area (Å²) in [6.45, 7) is 1.56. The molecule has 1 rings (SSSR count). The molecule has 108 valence electrons. The van der Waals surface area contributed by atoms with Crippen molar-refractivity contribution in [1.82, 2.24) is 0 Å². The van der Waals surface area contributed by atoms with Gasteiger partial charge in [-0.05, 0) is 24.5 Å². The Morgan fingerprint density at radius 3 is 2.63 bits per heavy atom. The van der Waals surface area contributed by atoms with E-state index in [-0.39, 0.29) is 29.9 Å². The van der Waals surface area contributed by atoms with Crippen LogP contribution in [0.15, 0.2) is 18.2 Å². The van der Waals surface area contributed by atoms with Crippen molar-refractivity contribution >= 4 is 9.84 Å². The van der Waals surface area contributed by atoms with Crippen LogP contribution in [0.5, 0.6) is 0 Å². The standard InChI is InChI=1S/C13H18F2O3S/c1-2-19(17,18)8-4-6-11(16)9-10-5-3-7-12(14)13(10)15/h3,5,7,11,16H,2,4,6,8-9H2,1H3. The molecule has 1 aromatic rings. The molecule has 0 saturated heterocycles. The van der Waals surface area contributed by atoms with Gasteiger partial charge in [-0.1, -0.05) is 19.1 Å². The number of aliphatic hydroxyl groups is 1. The summed E-state index contributed by atoms with van der Waals surface area (Å²) in [5.41, 5.74) is 0.103. The van der Waals surface area contributed by atoms with Crippen molar-refractivity contribution in [1.29, 1.82) is 0 Å². The molecular weight excluding hydrogens is 274 g/mol. The van der Waals surface area contributed by atoms with Gasteiger partial charge in [0.2, 0.25) is 0 Å². The van der Waals surface area contributed by atoms with Crippen molar-refractivity contribution in [2.45, 2.75) is 32.3 Å². The van der Waals surface area contributed by atoms with Gasteiger partial charge in [0.15, 0.2) is 11.6 Å². The quantitative estimate of drug-likeness (QED) is 0.837. The van der Waals surface area contributed by atoms with Crippen LogP contribution < -0.4 is 0 Å². The normalized spacial score (nSPS) is 13.5. The maximum Gasteiger partial charge on any atom is 0.162 e. The lowest BCUT2D eigenvalue weighted by molar-refractivity contribution is 0.162. The summed E-state index contributed by atoms with van der Waals surface area (Å²) in [5, 5.41) is 9.70. The molecule has 1 unspecified atom stereocenters. The van der Waals surface area contributed by atoms with Crippen molar-refractivity contribution in [3.05, 3.63) is 35.4 Å². The first-order valence-electron chi connectivity index (χ1n) is 6.17. The van der Waals surface area contributed by atoms with Crippen molar-refractivity contribution in [2.75, 3.05) is 11.5 Å². The van der Waals surface area contributed by atoms with E-state index in [1.54, 1.807) is 6.92 Å². The number of hydrogen-bond donors (Lipinski definition) is 1. The third-order valence-corrected chi connectivity index (χ3v) is 4.71. The maximum atomic E-state index is 13.3. The maximum absolute atomic E-state index is 13.3. The first kappa shape index (κ1) is 16.0. The van der Waals surface area contributed by atoms with Crippen LogP contribution >= 0.6 is 0 Å². The van der Waals surface area contributed by atoms with Gasteiger partial charge in [0.05, 0.1) is 11.9 Å². The topological polar surface area (TPSA) is 54.4 Å². The SMILES string of the molecule is CCS(=O)(=O)CCCC(O)Cc1cccc(F)c1F. The molecule has 1 aromatic carbocycles. The number of benzene rings is 1. The second-order valence-corrected chi connectivity index (χ2v) is 6.92. The van der Waals surface area contributed by atoms with Crippen LogP contribution in [0.25, 0.3) is 0 Å². The fourth-order valence-electron chi connectivity index (χ4n) is 1.75. The average Bonchev–Trinajstić information content (AvgIpc) is 2.35. The van der Waals surface area contributed by atoms with Crippen LogP contribution in [0.3, 0.4) is 0 Å². The van der Waals surface area contributed by atoms with Gasteiger partial charge in [0, 0.05) is 12.2 Å². The molecule has 0 aliphatic heterocycles. The Morgan fingerprint density at radius 2 is 2.00 bits per heavy atom. The van der Waals surface area contributed by atoms with E-state index in [1.165, 1.54) is 12.1 Å². The van der Waals surface area contributed by atoms with Gasteiger partial charge >= 0.3 is 0 Å². The Kier molecular flexibility index (Phi) is 5.87. The third kappa shape index (κ3) is 5.24. The summed E-state index contributed by atoms with van der Waals surface area (Å²) in [5.74, 6) is -1.82. The van der Waals surface area contributed by atoms with Crippen LogP contribution in [0, 0.1) is 11.6 Å². The third-order valence-electron chi connectivity index (χ3n) is 2.92. The van der Waals surface area contributed by atoms with E-state index in [0.717, 1.165) is 6.07 Å². The summed E-state index contributed by atoms with van der Waals surface area (Å²) in [4.78, 5) is 0. The minimum Gasteiger partial charge on any atom is -0.393 e. The van der Waals surface area contributed by atoms with Gasteiger partial charge in [0.1, 0.15) is 9.84 Å². The zero-order chi connectivity index (χ0) is 14.5. The molecule has 0 fully saturated rings. The number of halogens is 2. The molecule has 3 nitrogen and oxygen atoms in total. The zero-order valence-electron chi connectivity index (χ0n) is 10.8. The highest BCUT2D eigenvalue weighted by Crippen LogP contribution is 2.15. The second-order valence-electron chi connectivity index (χ2n) is 4.45. The van der Waals surface area contributed by atoms with Gasteiger partial charge in [-0.15, -0.1) is 0 Å². The fraction of sp³-hybridized carbons (Fsp3) is 0.538. The first-order valence-corrected chi connectivity index (χ1v) is 7.99. The van der Waals surface area contributed by atoms with E-state index in [0.29, 0.717) is 6.42 Å². The largest absolute Gasteiger partial charge is 0.393 e. The molecule has 0 heterocycles. The van der Waals surface area contributed by atoms with Crippen LogP contribution in [-0.4, -0.2) is 31.1 Å². The predicted octanol–water partition coefficient (Wildman–Crippen LogP) is 2.08. The highest BCUT2D eigenvalue weighted by Gasteiger charge is 2.14. The molecular formula is C13H18F2O3S. The van der Waals surface area contributed by atoms with Gasteiger partial charge in [-0.25, -0.2) is 17.2 Å². The zero-order valence-corrected chi connectivity index (χ0v) is 11.6. The Morgan fingerprint density at radius 1 is 1.32 bits per heavy atom. The van der Waals surface area contributed by atoms with Crippen LogP contribution in [-0.2, 0) is 16.3 Å². The highest BCUT2D eigenvalue weighted by molar-refractivity contribution is 7.91. The Hall–Kier alpha value is -1.01. The molecule has 0 aliphatic rings. The van der Waals surface area contributed by atoms with Crippen LogP contribution in [0.1, 0.15) is 25.3 Å². The lowest BCUT2D eigenvalue weighted by atomic mass is 10.0. The summed E-state index contributed by atoms with van der Waals surface area (Å²) in [6, 6.07) is 3.80. The lowest BCUT2D eigenvalue weighted by Crippen LogP contribution is -2.15. The van der Waals surface area contributed by atoms with Crippen LogP contribution in [0.2, 0.25) is 0 Å².